The summed E-state index contributed by atoms with van der Waals surface area (Å²) in [6.45, 7) is 1.44. The van der Waals surface area contributed by atoms with Crippen molar-refractivity contribution < 1.29 is 9.59 Å². The highest BCUT2D eigenvalue weighted by atomic mass is 127. The van der Waals surface area contributed by atoms with Crippen molar-refractivity contribution >= 4 is 34.2 Å². The number of carbonyl (C=O) groups is 2. The van der Waals surface area contributed by atoms with E-state index in [0.29, 0.717) is 6.42 Å². The van der Waals surface area contributed by atoms with Crippen LogP contribution in [0.2, 0.25) is 0 Å². The highest BCUT2D eigenvalue weighted by molar-refractivity contribution is 14.1. The Labute approximate surface area is 96.8 Å². The van der Waals surface area contributed by atoms with E-state index in [1.807, 2.05) is 24.3 Å². The van der Waals surface area contributed by atoms with Crippen LogP contribution >= 0.6 is 22.6 Å². The summed E-state index contributed by atoms with van der Waals surface area (Å²) in [5.41, 5.74) is 0.969. The molecule has 0 fully saturated rings. The highest BCUT2D eigenvalue weighted by Gasteiger charge is 2.06. The van der Waals surface area contributed by atoms with Crippen LogP contribution in [0.25, 0.3) is 0 Å². The smallest absolute Gasteiger partial charge is 0.144 e. The SMILES string of the molecule is CC(=O)CC(=O)Cc1ccc(I)cc1. The van der Waals surface area contributed by atoms with Crippen molar-refractivity contribution in [2.45, 2.75) is 19.8 Å². The van der Waals surface area contributed by atoms with Crippen LogP contribution in [0.15, 0.2) is 24.3 Å². The van der Waals surface area contributed by atoms with Gasteiger partial charge in [0.25, 0.3) is 0 Å². The first-order valence-electron chi connectivity index (χ1n) is 4.33. The first-order chi connectivity index (χ1) is 6.58. The minimum Gasteiger partial charge on any atom is -0.300 e. The Hall–Kier alpha value is -0.710. The second kappa shape index (κ2) is 5.24. The lowest BCUT2D eigenvalue weighted by Gasteiger charge is -1.99. The Morgan fingerprint density at radius 3 is 2.29 bits per heavy atom. The van der Waals surface area contributed by atoms with E-state index in [4.69, 9.17) is 0 Å². The van der Waals surface area contributed by atoms with Gasteiger partial charge in [0.05, 0.1) is 6.42 Å². The summed E-state index contributed by atoms with van der Waals surface area (Å²) in [4.78, 5) is 22.0. The zero-order valence-corrected chi connectivity index (χ0v) is 10.1. The van der Waals surface area contributed by atoms with E-state index in [1.165, 1.54) is 6.92 Å². The molecule has 0 aromatic heterocycles. The lowest BCUT2D eigenvalue weighted by Crippen LogP contribution is -2.07. The van der Waals surface area contributed by atoms with Gasteiger partial charge >= 0.3 is 0 Å². The molecule has 0 heterocycles. The van der Waals surface area contributed by atoms with Gasteiger partial charge in [-0.3, -0.25) is 9.59 Å². The Morgan fingerprint density at radius 1 is 1.21 bits per heavy atom. The highest BCUT2D eigenvalue weighted by Crippen LogP contribution is 2.08. The Morgan fingerprint density at radius 2 is 1.79 bits per heavy atom. The second-order valence-electron chi connectivity index (χ2n) is 3.22. The lowest BCUT2D eigenvalue weighted by atomic mass is 10.1. The summed E-state index contributed by atoms with van der Waals surface area (Å²) in [5.74, 6) is -0.0841. The van der Waals surface area contributed by atoms with Crippen LogP contribution in [0.3, 0.4) is 0 Å². The fourth-order valence-corrected chi connectivity index (χ4v) is 1.53. The molecule has 0 unspecified atom stereocenters. The average molecular weight is 302 g/mol. The van der Waals surface area contributed by atoms with E-state index in [0.717, 1.165) is 9.13 Å². The fourth-order valence-electron chi connectivity index (χ4n) is 1.17. The van der Waals surface area contributed by atoms with Crippen molar-refractivity contribution in [2.24, 2.45) is 0 Å². The number of rotatable bonds is 4. The third kappa shape index (κ3) is 4.00. The van der Waals surface area contributed by atoms with Crippen molar-refractivity contribution in [2.75, 3.05) is 0 Å². The Bertz CT molecular complexity index is 341. The van der Waals surface area contributed by atoms with Crippen LogP contribution in [-0.4, -0.2) is 11.6 Å². The zero-order valence-electron chi connectivity index (χ0n) is 7.92. The molecule has 0 N–H and O–H groups in total. The Balaban J connectivity index is 2.56. The van der Waals surface area contributed by atoms with E-state index in [9.17, 15) is 9.59 Å². The van der Waals surface area contributed by atoms with Crippen molar-refractivity contribution in [1.82, 2.24) is 0 Å². The number of carbonyl (C=O) groups excluding carboxylic acids is 2. The molecule has 0 saturated heterocycles. The molecule has 0 aliphatic rings. The van der Waals surface area contributed by atoms with Gasteiger partial charge in [-0.05, 0) is 47.2 Å². The predicted octanol–water partition coefficient (Wildman–Crippen LogP) is 2.38. The maximum atomic E-state index is 11.3. The summed E-state index contributed by atoms with van der Waals surface area (Å²) in [5, 5.41) is 0. The zero-order chi connectivity index (χ0) is 10.6. The summed E-state index contributed by atoms with van der Waals surface area (Å²) in [6, 6.07) is 7.74. The van der Waals surface area contributed by atoms with Gasteiger partial charge < -0.3 is 0 Å². The number of Topliss-reactive ketones (excluding diaryl/α,β-unsaturated/α-hetero) is 2. The first-order valence-corrected chi connectivity index (χ1v) is 5.41. The number of hydrogen-bond donors (Lipinski definition) is 0. The molecule has 2 nitrogen and oxygen atoms in total. The van der Waals surface area contributed by atoms with Crippen LogP contribution in [0.5, 0.6) is 0 Å². The molecule has 0 radical (unpaired) electrons. The van der Waals surface area contributed by atoms with E-state index >= 15 is 0 Å². The molecule has 0 spiro atoms. The molecule has 1 aromatic carbocycles. The van der Waals surface area contributed by atoms with Gasteiger partial charge in [-0.2, -0.15) is 0 Å². The number of ketones is 2. The van der Waals surface area contributed by atoms with Crippen LogP contribution < -0.4 is 0 Å². The summed E-state index contributed by atoms with van der Waals surface area (Å²) < 4.78 is 1.14. The van der Waals surface area contributed by atoms with Gasteiger partial charge in [0.1, 0.15) is 11.6 Å². The maximum Gasteiger partial charge on any atom is 0.144 e. The van der Waals surface area contributed by atoms with Gasteiger partial charge in [-0.25, -0.2) is 0 Å². The molecule has 3 heteroatoms. The number of halogens is 1. The fraction of sp³-hybridized carbons (Fsp3) is 0.273. The van der Waals surface area contributed by atoms with Crippen LogP contribution in [0.1, 0.15) is 18.9 Å². The standard InChI is InChI=1S/C11H11IO2/c1-8(13)6-11(14)7-9-2-4-10(12)5-3-9/h2-5H,6-7H2,1H3. The van der Waals surface area contributed by atoms with Gasteiger partial charge in [-0.15, -0.1) is 0 Å². The van der Waals surface area contributed by atoms with Crippen molar-refractivity contribution in [3.05, 3.63) is 33.4 Å². The molecule has 0 aliphatic carbocycles. The molecule has 14 heavy (non-hydrogen) atoms. The molecular formula is C11H11IO2. The normalized spacial score (nSPS) is 9.86. The first kappa shape index (κ1) is 11.4. The Kier molecular flexibility index (Phi) is 4.25. The molecule has 74 valence electrons. The maximum absolute atomic E-state index is 11.3. The third-order valence-electron chi connectivity index (χ3n) is 1.76. The van der Waals surface area contributed by atoms with Crippen molar-refractivity contribution in [1.29, 1.82) is 0 Å². The molecule has 0 atom stereocenters. The lowest BCUT2D eigenvalue weighted by molar-refractivity contribution is -0.125. The predicted molar refractivity (Wildman–Crippen MR) is 63.2 cm³/mol. The topological polar surface area (TPSA) is 34.1 Å². The van der Waals surface area contributed by atoms with Crippen molar-refractivity contribution in [3.63, 3.8) is 0 Å². The third-order valence-corrected chi connectivity index (χ3v) is 2.48. The van der Waals surface area contributed by atoms with E-state index < -0.39 is 0 Å². The largest absolute Gasteiger partial charge is 0.300 e. The molecule has 0 aliphatic heterocycles. The molecule has 0 saturated carbocycles. The summed E-state index contributed by atoms with van der Waals surface area (Å²) >= 11 is 2.21. The van der Waals surface area contributed by atoms with Crippen molar-refractivity contribution in [3.8, 4) is 0 Å². The molecule has 0 amide bonds. The van der Waals surface area contributed by atoms with Gasteiger partial charge in [-0.1, -0.05) is 12.1 Å². The van der Waals surface area contributed by atoms with E-state index in [2.05, 4.69) is 22.6 Å². The number of hydrogen-bond acceptors (Lipinski definition) is 2. The van der Waals surface area contributed by atoms with Crippen LogP contribution in [0, 0.1) is 3.57 Å². The quantitative estimate of drug-likeness (QED) is 0.632. The van der Waals surface area contributed by atoms with Crippen LogP contribution in [-0.2, 0) is 16.0 Å². The molecule has 1 rings (SSSR count). The van der Waals surface area contributed by atoms with Crippen LogP contribution in [0.4, 0.5) is 0 Å². The minimum atomic E-state index is -0.0690. The van der Waals surface area contributed by atoms with E-state index in [-0.39, 0.29) is 18.0 Å². The molecular weight excluding hydrogens is 291 g/mol. The van der Waals surface area contributed by atoms with Gasteiger partial charge in [0.2, 0.25) is 0 Å². The van der Waals surface area contributed by atoms with E-state index in [1.54, 1.807) is 0 Å². The summed E-state index contributed by atoms with van der Waals surface area (Å²) in [7, 11) is 0. The minimum absolute atomic E-state index is 0.0151. The second-order valence-corrected chi connectivity index (χ2v) is 4.47. The molecule has 0 bridgehead atoms. The number of benzene rings is 1. The average Bonchev–Trinajstić information content (AvgIpc) is 2.07. The molecule has 1 aromatic rings. The summed E-state index contributed by atoms with van der Waals surface area (Å²) in [6.07, 6.45) is 0.405. The van der Waals surface area contributed by atoms with Gasteiger partial charge in [0, 0.05) is 9.99 Å². The monoisotopic (exact) mass is 302 g/mol. The van der Waals surface area contributed by atoms with Gasteiger partial charge in [0.15, 0.2) is 0 Å².